The van der Waals surface area contributed by atoms with E-state index < -0.39 is 18.1 Å². The lowest BCUT2D eigenvalue weighted by Gasteiger charge is -2.23. The number of rotatable bonds is 6. The molecule has 0 aliphatic carbocycles. The van der Waals surface area contributed by atoms with Crippen LogP contribution in [0.25, 0.3) is 0 Å². The maximum absolute atomic E-state index is 12.2. The quantitative estimate of drug-likeness (QED) is 0.821. The molecule has 1 aromatic rings. The largest absolute Gasteiger partial charge is 0.389 e. The van der Waals surface area contributed by atoms with Crippen LogP contribution in [0.15, 0.2) is 24.3 Å². The highest BCUT2D eigenvalue weighted by atomic mass is 35.5. The Morgan fingerprint density at radius 1 is 1.27 bits per heavy atom. The van der Waals surface area contributed by atoms with Gasteiger partial charge in [-0.3, -0.25) is 4.79 Å². The lowest BCUT2D eigenvalue weighted by atomic mass is 9.96. The first-order valence-electron chi connectivity index (χ1n) is 6.90. The smallest absolute Gasteiger partial charge is 0.324 e. The first kappa shape index (κ1) is 20.7. The molecule has 3 N–H and O–H groups in total. The van der Waals surface area contributed by atoms with Crippen molar-refractivity contribution in [3.63, 3.8) is 0 Å². The molecule has 1 unspecified atom stereocenters. The van der Waals surface area contributed by atoms with E-state index in [0.717, 1.165) is 6.42 Å². The Kier molecular flexibility index (Phi) is 7.90. The Morgan fingerprint density at radius 3 is 2.45 bits per heavy atom. The van der Waals surface area contributed by atoms with E-state index in [1.807, 2.05) is 6.92 Å². The van der Waals surface area contributed by atoms with Crippen LogP contribution in [0, 0.1) is 0 Å². The number of hydrogen-bond donors (Lipinski definition) is 2. The van der Waals surface area contributed by atoms with Crippen molar-refractivity contribution in [2.24, 2.45) is 5.73 Å². The van der Waals surface area contributed by atoms with E-state index in [1.165, 1.54) is 0 Å². The summed E-state index contributed by atoms with van der Waals surface area (Å²) in [6.45, 7) is 3.56. The second-order valence-corrected chi connectivity index (χ2v) is 5.44. The summed E-state index contributed by atoms with van der Waals surface area (Å²) in [6.07, 6.45) is -3.87. The van der Waals surface area contributed by atoms with Gasteiger partial charge in [-0.05, 0) is 37.5 Å². The van der Waals surface area contributed by atoms with Gasteiger partial charge in [0, 0.05) is 12.1 Å². The number of carbonyl (C=O) groups is 1. The van der Waals surface area contributed by atoms with Gasteiger partial charge in [-0.25, -0.2) is 0 Å². The first-order valence-corrected chi connectivity index (χ1v) is 6.90. The zero-order valence-electron chi connectivity index (χ0n) is 12.7. The summed E-state index contributed by atoms with van der Waals surface area (Å²) < 4.78 is 36.6. The predicted octanol–water partition coefficient (Wildman–Crippen LogP) is 4.06. The van der Waals surface area contributed by atoms with Crippen LogP contribution in [0.5, 0.6) is 0 Å². The van der Waals surface area contributed by atoms with Crippen molar-refractivity contribution in [1.82, 2.24) is 0 Å². The Hall–Kier alpha value is -1.27. The van der Waals surface area contributed by atoms with Gasteiger partial charge in [0.1, 0.15) is 0 Å². The maximum Gasteiger partial charge on any atom is 0.389 e. The van der Waals surface area contributed by atoms with E-state index in [2.05, 4.69) is 5.32 Å². The van der Waals surface area contributed by atoms with Gasteiger partial charge in [-0.15, -0.1) is 12.4 Å². The molecule has 0 bridgehead atoms. The minimum absolute atomic E-state index is 0. The number of carbonyl (C=O) groups excluding carboxylic acids is 1. The van der Waals surface area contributed by atoms with Crippen LogP contribution in [0.4, 0.5) is 18.9 Å². The lowest BCUT2D eigenvalue weighted by Crippen LogP contribution is -2.48. The molecule has 3 nitrogen and oxygen atoms in total. The molecule has 0 saturated heterocycles. The number of halogens is 4. The van der Waals surface area contributed by atoms with Crippen LogP contribution in [-0.2, 0) is 11.2 Å². The zero-order valence-corrected chi connectivity index (χ0v) is 13.5. The molecule has 1 atom stereocenters. The molecule has 22 heavy (non-hydrogen) atoms. The average Bonchev–Trinajstić information content (AvgIpc) is 2.36. The van der Waals surface area contributed by atoms with Crippen molar-refractivity contribution in [3.8, 4) is 0 Å². The van der Waals surface area contributed by atoms with Crippen LogP contribution in [0.1, 0.15) is 38.7 Å². The zero-order chi connectivity index (χ0) is 16.1. The van der Waals surface area contributed by atoms with Crippen molar-refractivity contribution in [3.05, 3.63) is 29.8 Å². The molecular weight excluding hydrogens is 317 g/mol. The highest BCUT2D eigenvalue weighted by molar-refractivity contribution is 5.97. The van der Waals surface area contributed by atoms with Gasteiger partial charge in [-0.1, -0.05) is 25.5 Å². The van der Waals surface area contributed by atoms with Crippen LogP contribution >= 0.6 is 12.4 Å². The van der Waals surface area contributed by atoms with Crippen molar-refractivity contribution >= 4 is 24.0 Å². The molecule has 1 aromatic carbocycles. The second kappa shape index (κ2) is 8.39. The summed E-state index contributed by atoms with van der Waals surface area (Å²) in [5, 5.41) is 2.66. The molecule has 0 aliphatic heterocycles. The third kappa shape index (κ3) is 7.13. The van der Waals surface area contributed by atoms with Crippen molar-refractivity contribution in [2.45, 2.75) is 51.2 Å². The van der Waals surface area contributed by atoms with Gasteiger partial charge >= 0.3 is 6.18 Å². The fraction of sp³-hybridized carbons (Fsp3) is 0.533. The monoisotopic (exact) mass is 338 g/mol. The van der Waals surface area contributed by atoms with E-state index in [0.29, 0.717) is 17.7 Å². The lowest BCUT2D eigenvalue weighted by molar-refractivity contribution is -0.134. The molecule has 0 aliphatic rings. The summed E-state index contributed by atoms with van der Waals surface area (Å²) in [4.78, 5) is 12.0. The summed E-state index contributed by atoms with van der Waals surface area (Å²) in [7, 11) is 0. The Bertz CT molecular complexity index is 490. The molecule has 0 aromatic heterocycles. The number of amides is 1. The summed E-state index contributed by atoms with van der Waals surface area (Å²) in [5.74, 6) is -0.336. The van der Waals surface area contributed by atoms with E-state index in [9.17, 15) is 18.0 Å². The Labute approximate surface area is 134 Å². The molecule has 0 fully saturated rings. The third-order valence-corrected chi connectivity index (χ3v) is 3.17. The topological polar surface area (TPSA) is 55.1 Å². The van der Waals surface area contributed by atoms with Crippen LogP contribution in [0.3, 0.4) is 0 Å². The molecular formula is C15H22ClF3N2O. The number of aryl methyl sites for hydroxylation is 1. The molecule has 126 valence electrons. The van der Waals surface area contributed by atoms with Gasteiger partial charge in [0.2, 0.25) is 5.91 Å². The fourth-order valence-electron chi connectivity index (χ4n) is 2.00. The second-order valence-electron chi connectivity index (χ2n) is 5.44. The Balaban J connectivity index is 0.00000441. The fourth-order valence-corrected chi connectivity index (χ4v) is 2.00. The molecule has 0 heterocycles. The van der Waals surface area contributed by atoms with Gasteiger partial charge in [0.25, 0.3) is 0 Å². The standard InChI is InChI=1S/C15H21F3N2O.ClH/c1-3-8-14(2,19)13(21)20-12-6-4-5-11(10-12)7-9-15(16,17)18;/h4-6,10H,3,7-9,19H2,1-2H3,(H,20,21);1H. The molecule has 1 rings (SSSR count). The first-order chi connectivity index (χ1) is 9.64. The van der Waals surface area contributed by atoms with E-state index in [1.54, 1.807) is 31.2 Å². The maximum atomic E-state index is 12.2. The third-order valence-electron chi connectivity index (χ3n) is 3.17. The van der Waals surface area contributed by atoms with Gasteiger partial charge in [0.05, 0.1) is 5.54 Å². The molecule has 7 heteroatoms. The number of alkyl halides is 3. The highest BCUT2D eigenvalue weighted by Gasteiger charge is 2.28. The number of benzene rings is 1. The minimum atomic E-state index is -4.18. The van der Waals surface area contributed by atoms with E-state index in [4.69, 9.17) is 5.73 Å². The van der Waals surface area contributed by atoms with Crippen LogP contribution in [-0.4, -0.2) is 17.6 Å². The summed E-state index contributed by atoms with van der Waals surface area (Å²) in [5.41, 5.74) is 5.91. The van der Waals surface area contributed by atoms with Gasteiger partial charge in [0.15, 0.2) is 0 Å². The SMILES string of the molecule is CCCC(C)(N)C(=O)Nc1cccc(CCC(F)(F)F)c1.Cl. The van der Waals surface area contributed by atoms with Gasteiger partial charge in [-0.2, -0.15) is 13.2 Å². The van der Waals surface area contributed by atoms with Crippen molar-refractivity contribution < 1.29 is 18.0 Å². The molecule has 0 spiro atoms. The predicted molar refractivity (Wildman–Crippen MR) is 84.2 cm³/mol. The molecule has 0 saturated carbocycles. The van der Waals surface area contributed by atoms with E-state index in [-0.39, 0.29) is 24.7 Å². The number of hydrogen-bond acceptors (Lipinski definition) is 2. The van der Waals surface area contributed by atoms with Crippen molar-refractivity contribution in [2.75, 3.05) is 5.32 Å². The average molecular weight is 339 g/mol. The van der Waals surface area contributed by atoms with E-state index >= 15 is 0 Å². The number of nitrogens with one attached hydrogen (secondary N) is 1. The molecule has 1 amide bonds. The summed E-state index contributed by atoms with van der Waals surface area (Å²) >= 11 is 0. The minimum Gasteiger partial charge on any atom is -0.324 e. The number of nitrogens with two attached hydrogens (primary N) is 1. The summed E-state index contributed by atoms with van der Waals surface area (Å²) in [6, 6.07) is 6.41. The Morgan fingerprint density at radius 2 is 1.91 bits per heavy atom. The highest BCUT2D eigenvalue weighted by Crippen LogP contribution is 2.23. The van der Waals surface area contributed by atoms with Crippen molar-refractivity contribution in [1.29, 1.82) is 0 Å². The van der Waals surface area contributed by atoms with Crippen LogP contribution < -0.4 is 11.1 Å². The normalized spacial score (nSPS) is 13.9. The molecule has 0 radical (unpaired) electrons. The van der Waals surface area contributed by atoms with Crippen LogP contribution in [0.2, 0.25) is 0 Å². The number of anilines is 1. The van der Waals surface area contributed by atoms with Gasteiger partial charge < -0.3 is 11.1 Å².